The highest BCUT2D eigenvalue weighted by atomic mass is 16.2. The van der Waals surface area contributed by atoms with Gasteiger partial charge in [-0.2, -0.15) is 0 Å². The van der Waals surface area contributed by atoms with Crippen molar-refractivity contribution in [2.75, 3.05) is 31.1 Å². The van der Waals surface area contributed by atoms with Gasteiger partial charge in [-0.05, 0) is 49.9 Å². The fourth-order valence-corrected chi connectivity index (χ4v) is 3.46. The zero-order valence-corrected chi connectivity index (χ0v) is 13.5. The molecule has 2 N–H and O–H groups in total. The Morgan fingerprint density at radius 1 is 1.26 bits per heavy atom. The number of fused-ring (bicyclic) bond motifs is 1. The number of carbonyl (C=O) groups is 2. The molecule has 3 rings (SSSR count). The largest absolute Gasteiger partial charge is 0.354 e. The van der Waals surface area contributed by atoms with E-state index in [1.165, 1.54) is 12.8 Å². The summed E-state index contributed by atoms with van der Waals surface area (Å²) in [6.07, 6.45) is 4.38. The number of nitrogens with zero attached hydrogens (tertiary/aromatic N) is 1. The molecule has 0 bridgehead atoms. The molecule has 5 nitrogen and oxygen atoms in total. The molecule has 0 unspecified atom stereocenters. The van der Waals surface area contributed by atoms with Gasteiger partial charge in [-0.15, -0.1) is 0 Å². The van der Waals surface area contributed by atoms with Gasteiger partial charge in [0.05, 0.1) is 6.42 Å². The first-order chi connectivity index (χ1) is 11.2. The van der Waals surface area contributed by atoms with E-state index in [9.17, 15) is 9.59 Å². The fourth-order valence-electron chi connectivity index (χ4n) is 3.46. The lowest BCUT2D eigenvalue weighted by Crippen LogP contribution is -2.37. The standard InChI is InChI=1S/C18H25N3O2/c22-17(6-5-14-7-9-19-10-8-14)20-11-12-21-16-4-2-1-3-15(16)13-18(21)23/h1-4,14,19H,5-13H2,(H,20,22). The van der Waals surface area contributed by atoms with Crippen LogP contribution in [0.4, 0.5) is 5.69 Å². The van der Waals surface area contributed by atoms with Crippen molar-refractivity contribution in [3.8, 4) is 0 Å². The number of carbonyl (C=O) groups excluding carboxylic acids is 2. The molecule has 0 atom stereocenters. The Kier molecular flexibility index (Phi) is 5.28. The minimum Gasteiger partial charge on any atom is -0.354 e. The SMILES string of the molecule is O=C(CCC1CCNCC1)NCCN1C(=O)Cc2ccccc21. The molecule has 2 amide bonds. The van der Waals surface area contributed by atoms with Crippen LogP contribution in [0.5, 0.6) is 0 Å². The second-order valence-corrected chi connectivity index (χ2v) is 6.43. The summed E-state index contributed by atoms with van der Waals surface area (Å²) in [5, 5.41) is 6.29. The Morgan fingerprint density at radius 3 is 2.87 bits per heavy atom. The second kappa shape index (κ2) is 7.59. The molecule has 23 heavy (non-hydrogen) atoms. The summed E-state index contributed by atoms with van der Waals surface area (Å²) in [5.74, 6) is 0.896. The molecule has 2 heterocycles. The Bertz CT molecular complexity index is 567. The van der Waals surface area contributed by atoms with E-state index in [0.717, 1.165) is 30.8 Å². The normalized spacial score (nSPS) is 18.1. The van der Waals surface area contributed by atoms with E-state index in [1.54, 1.807) is 4.90 Å². The van der Waals surface area contributed by atoms with Crippen LogP contribution in [-0.4, -0.2) is 38.0 Å². The molecule has 2 aliphatic heterocycles. The van der Waals surface area contributed by atoms with Crippen molar-refractivity contribution in [1.29, 1.82) is 0 Å². The third kappa shape index (κ3) is 4.10. The number of amides is 2. The molecule has 0 spiro atoms. The zero-order valence-electron chi connectivity index (χ0n) is 13.5. The monoisotopic (exact) mass is 315 g/mol. The van der Waals surface area contributed by atoms with Crippen LogP contribution in [0.25, 0.3) is 0 Å². The summed E-state index contributed by atoms with van der Waals surface area (Å²) in [4.78, 5) is 25.8. The average Bonchev–Trinajstić information content (AvgIpc) is 2.90. The van der Waals surface area contributed by atoms with Gasteiger partial charge in [-0.1, -0.05) is 18.2 Å². The first kappa shape index (κ1) is 16.0. The molecular weight excluding hydrogens is 290 g/mol. The molecule has 124 valence electrons. The molecule has 0 radical (unpaired) electrons. The highest BCUT2D eigenvalue weighted by Crippen LogP contribution is 2.27. The first-order valence-corrected chi connectivity index (χ1v) is 8.60. The second-order valence-electron chi connectivity index (χ2n) is 6.43. The maximum absolute atomic E-state index is 12.0. The maximum Gasteiger partial charge on any atom is 0.231 e. The summed E-state index contributed by atoms with van der Waals surface area (Å²) in [5.41, 5.74) is 2.07. The molecule has 5 heteroatoms. The van der Waals surface area contributed by atoms with Gasteiger partial charge in [0.2, 0.25) is 11.8 Å². The van der Waals surface area contributed by atoms with Gasteiger partial charge in [0, 0.05) is 25.2 Å². The Labute approximate surface area is 137 Å². The van der Waals surface area contributed by atoms with Gasteiger partial charge in [-0.25, -0.2) is 0 Å². The lowest BCUT2D eigenvalue weighted by Gasteiger charge is -2.22. The number of piperidine rings is 1. The number of benzene rings is 1. The lowest BCUT2D eigenvalue weighted by molar-refractivity contribution is -0.121. The van der Waals surface area contributed by atoms with E-state index < -0.39 is 0 Å². The van der Waals surface area contributed by atoms with Gasteiger partial charge in [0.25, 0.3) is 0 Å². The highest BCUT2D eigenvalue weighted by molar-refractivity contribution is 6.01. The molecule has 1 aromatic carbocycles. The molecular formula is C18H25N3O2. The molecule has 0 saturated carbocycles. The van der Waals surface area contributed by atoms with Gasteiger partial charge in [0.1, 0.15) is 0 Å². The number of hydrogen-bond acceptors (Lipinski definition) is 3. The topological polar surface area (TPSA) is 61.4 Å². The van der Waals surface area contributed by atoms with Crippen LogP contribution < -0.4 is 15.5 Å². The minimum absolute atomic E-state index is 0.100. The van der Waals surface area contributed by atoms with Crippen LogP contribution in [0.3, 0.4) is 0 Å². The van der Waals surface area contributed by atoms with Crippen molar-refractivity contribution >= 4 is 17.5 Å². The number of nitrogens with one attached hydrogen (secondary N) is 2. The summed E-state index contributed by atoms with van der Waals surface area (Å²) in [7, 11) is 0. The van der Waals surface area contributed by atoms with E-state index >= 15 is 0 Å². The quantitative estimate of drug-likeness (QED) is 0.836. The van der Waals surface area contributed by atoms with Crippen molar-refractivity contribution in [3.05, 3.63) is 29.8 Å². The van der Waals surface area contributed by atoms with E-state index in [1.807, 2.05) is 24.3 Å². The Morgan fingerprint density at radius 2 is 2.04 bits per heavy atom. The third-order valence-corrected chi connectivity index (χ3v) is 4.82. The van der Waals surface area contributed by atoms with Crippen LogP contribution in [-0.2, 0) is 16.0 Å². The summed E-state index contributed by atoms with van der Waals surface area (Å²) >= 11 is 0. The highest BCUT2D eigenvalue weighted by Gasteiger charge is 2.26. The van der Waals surface area contributed by atoms with Crippen LogP contribution in [0, 0.1) is 5.92 Å². The van der Waals surface area contributed by atoms with Gasteiger partial charge < -0.3 is 15.5 Å². The molecule has 2 aliphatic rings. The smallest absolute Gasteiger partial charge is 0.231 e. The molecule has 1 fully saturated rings. The number of anilines is 1. The summed E-state index contributed by atoms with van der Waals surface area (Å²) in [6.45, 7) is 3.21. The van der Waals surface area contributed by atoms with Crippen LogP contribution in [0.15, 0.2) is 24.3 Å². The molecule has 1 aromatic rings. The van der Waals surface area contributed by atoms with Crippen molar-refractivity contribution in [2.24, 2.45) is 5.92 Å². The third-order valence-electron chi connectivity index (χ3n) is 4.82. The number of hydrogen-bond donors (Lipinski definition) is 2. The summed E-state index contributed by atoms with van der Waals surface area (Å²) in [6, 6.07) is 7.87. The van der Waals surface area contributed by atoms with Crippen molar-refractivity contribution in [1.82, 2.24) is 10.6 Å². The van der Waals surface area contributed by atoms with Crippen molar-refractivity contribution < 1.29 is 9.59 Å². The minimum atomic E-state index is 0.100. The number of rotatable bonds is 6. The van der Waals surface area contributed by atoms with Gasteiger partial charge >= 0.3 is 0 Å². The first-order valence-electron chi connectivity index (χ1n) is 8.60. The summed E-state index contributed by atoms with van der Waals surface area (Å²) < 4.78 is 0. The van der Waals surface area contributed by atoms with E-state index in [2.05, 4.69) is 10.6 Å². The van der Waals surface area contributed by atoms with Crippen LogP contribution in [0.2, 0.25) is 0 Å². The van der Waals surface area contributed by atoms with E-state index in [0.29, 0.717) is 31.8 Å². The Balaban J connectivity index is 1.39. The van der Waals surface area contributed by atoms with E-state index in [-0.39, 0.29) is 11.8 Å². The van der Waals surface area contributed by atoms with Crippen molar-refractivity contribution in [2.45, 2.75) is 32.1 Å². The van der Waals surface area contributed by atoms with Crippen LogP contribution in [0.1, 0.15) is 31.2 Å². The lowest BCUT2D eigenvalue weighted by atomic mass is 9.93. The van der Waals surface area contributed by atoms with Crippen molar-refractivity contribution in [3.63, 3.8) is 0 Å². The van der Waals surface area contributed by atoms with Gasteiger partial charge in [0.15, 0.2) is 0 Å². The Hall–Kier alpha value is -1.88. The molecule has 0 aliphatic carbocycles. The molecule has 0 aromatic heterocycles. The fraction of sp³-hybridized carbons (Fsp3) is 0.556. The molecule has 1 saturated heterocycles. The zero-order chi connectivity index (χ0) is 16.1. The number of para-hydroxylation sites is 1. The predicted octanol–water partition coefficient (Wildman–Crippen LogP) is 1.47. The van der Waals surface area contributed by atoms with Gasteiger partial charge in [-0.3, -0.25) is 9.59 Å². The maximum atomic E-state index is 12.0. The van der Waals surface area contributed by atoms with Crippen LogP contribution >= 0.6 is 0 Å². The predicted molar refractivity (Wildman–Crippen MR) is 90.3 cm³/mol. The average molecular weight is 315 g/mol. The van der Waals surface area contributed by atoms with E-state index in [4.69, 9.17) is 0 Å².